The molecule has 1 amide bonds. The van der Waals surface area contributed by atoms with Crippen molar-refractivity contribution in [2.75, 3.05) is 0 Å². The molecule has 1 N–H and O–H groups in total. The molecule has 1 unspecified atom stereocenters. The number of nitrogens with zero attached hydrogens (tertiary/aromatic N) is 5. The zero-order valence-corrected chi connectivity index (χ0v) is 16.6. The first-order valence-corrected chi connectivity index (χ1v) is 9.87. The minimum absolute atomic E-state index is 0.0719. The van der Waals surface area contributed by atoms with Gasteiger partial charge < -0.3 is 5.32 Å². The summed E-state index contributed by atoms with van der Waals surface area (Å²) in [6.07, 6.45) is 2.95. The minimum atomic E-state index is -0.293. The fourth-order valence-corrected chi connectivity index (χ4v) is 3.67. The van der Waals surface area contributed by atoms with E-state index in [1.54, 1.807) is 9.13 Å². The highest BCUT2D eigenvalue weighted by Crippen LogP contribution is 2.15. The summed E-state index contributed by atoms with van der Waals surface area (Å²) in [5, 5.41) is 11.3. The number of hydrogen-bond acceptors (Lipinski definition) is 4. The lowest BCUT2D eigenvalue weighted by Crippen LogP contribution is -2.30. The molecule has 0 saturated heterocycles. The molecular weight excluding hydrogens is 368 g/mol. The van der Waals surface area contributed by atoms with Crippen molar-refractivity contribution in [3.05, 3.63) is 65.0 Å². The normalized spacial score (nSPS) is 12.5. The first kappa shape index (κ1) is 18.9. The van der Waals surface area contributed by atoms with Gasteiger partial charge in [0.2, 0.25) is 5.91 Å². The van der Waals surface area contributed by atoms with Crippen molar-refractivity contribution >= 4 is 22.6 Å². The maximum atomic E-state index is 12.8. The summed E-state index contributed by atoms with van der Waals surface area (Å²) in [5.74, 6) is 0.537. The summed E-state index contributed by atoms with van der Waals surface area (Å²) in [5.41, 5.74) is 2.43. The van der Waals surface area contributed by atoms with Crippen LogP contribution in [0.4, 0.5) is 0 Å². The van der Waals surface area contributed by atoms with Crippen molar-refractivity contribution in [3.8, 4) is 0 Å². The van der Waals surface area contributed by atoms with Gasteiger partial charge in [0.25, 0.3) is 0 Å². The molecule has 0 radical (unpaired) electrons. The van der Waals surface area contributed by atoms with Crippen molar-refractivity contribution in [2.45, 2.75) is 45.8 Å². The number of imidazole rings is 1. The Kier molecular flexibility index (Phi) is 5.16. The van der Waals surface area contributed by atoms with Gasteiger partial charge in [-0.25, -0.2) is 4.79 Å². The number of pyridine rings is 1. The molecule has 3 aromatic heterocycles. The second-order valence-electron chi connectivity index (χ2n) is 7.10. The zero-order valence-electron chi connectivity index (χ0n) is 16.6. The van der Waals surface area contributed by atoms with Crippen LogP contribution < -0.4 is 11.0 Å². The second kappa shape index (κ2) is 7.90. The van der Waals surface area contributed by atoms with Crippen LogP contribution in [0.15, 0.2) is 53.5 Å². The van der Waals surface area contributed by atoms with Crippen LogP contribution in [0.2, 0.25) is 0 Å². The smallest absolute Gasteiger partial charge is 0.329 e. The molecule has 0 aliphatic heterocycles. The Labute approximate surface area is 167 Å². The Morgan fingerprint density at radius 3 is 2.45 bits per heavy atom. The summed E-state index contributed by atoms with van der Waals surface area (Å²) in [4.78, 5) is 25.4. The number of benzene rings is 1. The van der Waals surface area contributed by atoms with Gasteiger partial charge in [-0.15, -0.1) is 10.2 Å². The third-order valence-electron chi connectivity index (χ3n) is 5.04. The van der Waals surface area contributed by atoms with E-state index in [1.807, 2.05) is 66.9 Å². The number of amides is 1. The SMILES string of the molecule is CCCn1c(=O)n(CCC(=O)NC(C)c2nnc3ccccn23)c2ccccc21. The van der Waals surface area contributed by atoms with Crippen LogP contribution in [-0.2, 0) is 17.9 Å². The molecular formula is C21H24N6O2. The summed E-state index contributed by atoms with van der Waals surface area (Å²) in [6, 6.07) is 13.1. The first-order chi connectivity index (χ1) is 14.1. The number of carbonyl (C=O) groups is 1. The first-order valence-electron chi connectivity index (χ1n) is 9.87. The largest absolute Gasteiger partial charge is 0.346 e. The molecule has 0 saturated carbocycles. The van der Waals surface area contributed by atoms with E-state index in [2.05, 4.69) is 15.5 Å². The third-order valence-corrected chi connectivity index (χ3v) is 5.04. The molecule has 0 aliphatic rings. The number of fused-ring (bicyclic) bond motifs is 2. The van der Waals surface area contributed by atoms with Gasteiger partial charge in [0.15, 0.2) is 11.5 Å². The van der Waals surface area contributed by atoms with Crippen molar-refractivity contribution in [1.82, 2.24) is 29.0 Å². The predicted molar refractivity (Wildman–Crippen MR) is 111 cm³/mol. The van der Waals surface area contributed by atoms with Gasteiger partial charge in [-0.1, -0.05) is 25.1 Å². The fourth-order valence-electron chi connectivity index (χ4n) is 3.67. The highest BCUT2D eigenvalue weighted by Gasteiger charge is 2.17. The van der Waals surface area contributed by atoms with E-state index < -0.39 is 0 Å². The number of aryl methyl sites for hydroxylation is 2. The van der Waals surface area contributed by atoms with Crippen LogP contribution in [0.1, 0.15) is 38.6 Å². The van der Waals surface area contributed by atoms with Gasteiger partial charge in [-0.05, 0) is 37.6 Å². The summed E-state index contributed by atoms with van der Waals surface area (Å²) in [6.45, 7) is 4.91. The summed E-state index contributed by atoms with van der Waals surface area (Å²) < 4.78 is 5.31. The molecule has 0 bridgehead atoms. The lowest BCUT2D eigenvalue weighted by molar-refractivity contribution is -0.122. The van der Waals surface area contributed by atoms with Crippen molar-refractivity contribution in [2.24, 2.45) is 0 Å². The van der Waals surface area contributed by atoms with Crippen LogP contribution in [0.25, 0.3) is 16.7 Å². The average Bonchev–Trinajstić information content (AvgIpc) is 3.27. The number of para-hydroxylation sites is 2. The van der Waals surface area contributed by atoms with Crippen LogP contribution in [-0.4, -0.2) is 29.6 Å². The molecule has 8 nitrogen and oxygen atoms in total. The van der Waals surface area contributed by atoms with Crippen LogP contribution in [0.5, 0.6) is 0 Å². The fraction of sp³-hybridized carbons (Fsp3) is 0.333. The van der Waals surface area contributed by atoms with Crippen LogP contribution in [0.3, 0.4) is 0 Å². The zero-order chi connectivity index (χ0) is 20.4. The number of aromatic nitrogens is 5. The number of nitrogens with one attached hydrogen (secondary N) is 1. The monoisotopic (exact) mass is 392 g/mol. The van der Waals surface area contributed by atoms with E-state index in [0.717, 1.165) is 23.1 Å². The van der Waals surface area contributed by atoms with Gasteiger partial charge in [-0.3, -0.25) is 18.3 Å². The van der Waals surface area contributed by atoms with Gasteiger partial charge in [0, 0.05) is 25.7 Å². The quantitative estimate of drug-likeness (QED) is 0.524. The molecule has 0 spiro atoms. The van der Waals surface area contributed by atoms with E-state index in [4.69, 9.17) is 0 Å². The summed E-state index contributed by atoms with van der Waals surface area (Å²) in [7, 11) is 0. The van der Waals surface area contributed by atoms with Gasteiger partial charge in [-0.2, -0.15) is 0 Å². The Hall–Kier alpha value is -3.42. The van der Waals surface area contributed by atoms with Gasteiger partial charge >= 0.3 is 5.69 Å². The summed E-state index contributed by atoms with van der Waals surface area (Å²) >= 11 is 0. The molecule has 29 heavy (non-hydrogen) atoms. The molecule has 8 heteroatoms. The standard InChI is InChI=1S/C21H24N6O2/c1-3-12-25-16-8-4-5-9-17(16)26(21(25)29)14-11-19(28)22-15(2)20-24-23-18-10-6-7-13-27(18)20/h4-10,13,15H,3,11-12,14H2,1-2H3,(H,22,28). The molecule has 4 rings (SSSR count). The Balaban J connectivity index is 1.49. The lowest BCUT2D eigenvalue weighted by atomic mass is 10.2. The van der Waals surface area contributed by atoms with E-state index in [-0.39, 0.29) is 24.1 Å². The topological polar surface area (TPSA) is 86.2 Å². The minimum Gasteiger partial charge on any atom is -0.346 e. The number of rotatable bonds is 7. The molecule has 150 valence electrons. The van der Waals surface area contributed by atoms with Gasteiger partial charge in [0.05, 0.1) is 17.1 Å². The molecule has 0 fully saturated rings. The lowest BCUT2D eigenvalue weighted by Gasteiger charge is -2.12. The van der Waals surface area contributed by atoms with E-state index in [1.165, 1.54) is 0 Å². The predicted octanol–water partition coefficient (Wildman–Crippen LogP) is 2.52. The Bertz CT molecular complexity index is 1220. The van der Waals surface area contributed by atoms with Gasteiger partial charge in [0.1, 0.15) is 0 Å². The van der Waals surface area contributed by atoms with E-state index >= 15 is 0 Å². The highest BCUT2D eigenvalue weighted by atomic mass is 16.2. The highest BCUT2D eigenvalue weighted by molar-refractivity contribution is 5.78. The third kappa shape index (κ3) is 3.53. The number of hydrogen-bond donors (Lipinski definition) is 1. The Morgan fingerprint density at radius 2 is 1.72 bits per heavy atom. The van der Waals surface area contributed by atoms with Crippen LogP contribution >= 0.6 is 0 Å². The molecule has 1 atom stereocenters. The Morgan fingerprint density at radius 1 is 1.03 bits per heavy atom. The van der Waals surface area contributed by atoms with Crippen molar-refractivity contribution < 1.29 is 4.79 Å². The van der Waals surface area contributed by atoms with E-state index in [9.17, 15) is 9.59 Å². The molecule has 0 aliphatic carbocycles. The van der Waals surface area contributed by atoms with Crippen molar-refractivity contribution in [1.29, 1.82) is 0 Å². The number of carbonyl (C=O) groups excluding carboxylic acids is 1. The maximum absolute atomic E-state index is 12.8. The molecule has 1 aromatic carbocycles. The molecule has 4 aromatic rings. The maximum Gasteiger partial charge on any atom is 0.329 e. The second-order valence-corrected chi connectivity index (χ2v) is 7.10. The van der Waals surface area contributed by atoms with Crippen LogP contribution in [0, 0.1) is 0 Å². The molecule has 3 heterocycles. The van der Waals surface area contributed by atoms with E-state index in [0.29, 0.717) is 18.9 Å². The van der Waals surface area contributed by atoms with Crippen molar-refractivity contribution in [3.63, 3.8) is 0 Å². The average molecular weight is 392 g/mol.